The summed E-state index contributed by atoms with van der Waals surface area (Å²) in [5.41, 5.74) is 0.753. The van der Waals surface area contributed by atoms with Crippen LogP contribution in [0.3, 0.4) is 0 Å². The lowest BCUT2D eigenvalue weighted by Crippen LogP contribution is -2.49. The molecule has 7 heteroatoms. The van der Waals surface area contributed by atoms with Crippen molar-refractivity contribution in [1.82, 2.24) is 10.2 Å². The Labute approximate surface area is 181 Å². The minimum atomic E-state index is -0.688. The average Bonchev–Trinajstić information content (AvgIpc) is 2.70. The molecule has 1 N–H and O–H groups in total. The van der Waals surface area contributed by atoms with E-state index in [0.29, 0.717) is 28.3 Å². The van der Waals surface area contributed by atoms with E-state index >= 15 is 0 Å². The maximum atomic E-state index is 13.0. The first-order chi connectivity index (χ1) is 13.8. The number of hydrogen-bond acceptors (Lipinski definition) is 3. The normalized spacial score (nSPS) is 11.8. The van der Waals surface area contributed by atoms with Crippen molar-refractivity contribution in [2.75, 3.05) is 13.2 Å². The number of rotatable bonds is 9. The standard InChI is InChI=1S/C22H26Cl2N2O3/c1-15(2)12-25-22(28)16(3)26(13-17-8-4-5-9-18(17)23)21(27)14-29-20-11-7-6-10-19(20)24/h4-11,15-16H,12-14H2,1-3H3,(H,25,28)/t16-/m0/s1. The number of benzene rings is 2. The fourth-order valence-corrected chi connectivity index (χ4v) is 3.02. The summed E-state index contributed by atoms with van der Waals surface area (Å²) in [6.45, 7) is 6.20. The van der Waals surface area contributed by atoms with Gasteiger partial charge in [-0.05, 0) is 36.6 Å². The van der Waals surface area contributed by atoms with E-state index in [2.05, 4.69) is 5.32 Å². The van der Waals surface area contributed by atoms with E-state index in [1.165, 1.54) is 4.90 Å². The van der Waals surface area contributed by atoms with E-state index in [1.807, 2.05) is 32.0 Å². The first-order valence-electron chi connectivity index (χ1n) is 9.47. The number of carbonyl (C=O) groups is 2. The third-order valence-corrected chi connectivity index (χ3v) is 5.02. The van der Waals surface area contributed by atoms with Gasteiger partial charge < -0.3 is 15.0 Å². The molecule has 0 bridgehead atoms. The number of amides is 2. The molecule has 0 fully saturated rings. The molecule has 5 nitrogen and oxygen atoms in total. The van der Waals surface area contributed by atoms with Crippen LogP contribution in [0.5, 0.6) is 5.75 Å². The van der Waals surface area contributed by atoms with Crippen molar-refractivity contribution in [1.29, 1.82) is 0 Å². The predicted molar refractivity (Wildman–Crippen MR) is 116 cm³/mol. The molecule has 2 aromatic rings. The fourth-order valence-electron chi connectivity index (χ4n) is 2.63. The number of ether oxygens (including phenoxy) is 1. The van der Waals surface area contributed by atoms with Crippen molar-refractivity contribution in [3.05, 3.63) is 64.1 Å². The number of para-hydroxylation sites is 1. The minimum absolute atomic E-state index is 0.195. The van der Waals surface area contributed by atoms with Crippen molar-refractivity contribution in [3.8, 4) is 5.75 Å². The van der Waals surface area contributed by atoms with Crippen molar-refractivity contribution < 1.29 is 14.3 Å². The van der Waals surface area contributed by atoms with Crippen LogP contribution in [0.1, 0.15) is 26.3 Å². The number of carbonyl (C=O) groups excluding carboxylic acids is 2. The molecular weight excluding hydrogens is 411 g/mol. The van der Waals surface area contributed by atoms with Gasteiger partial charge in [-0.25, -0.2) is 0 Å². The number of hydrogen-bond donors (Lipinski definition) is 1. The van der Waals surface area contributed by atoms with Gasteiger partial charge in [-0.2, -0.15) is 0 Å². The monoisotopic (exact) mass is 436 g/mol. The largest absolute Gasteiger partial charge is 0.482 e. The Kier molecular flexibility index (Phi) is 8.80. The van der Waals surface area contributed by atoms with Crippen LogP contribution in [0.15, 0.2) is 48.5 Å². The quantitative estimate of drug-likeness (QED) is 0.626. The van der Waals surface area contributed by atoms with Crippen molar-refractivity contribution in [3.63, 3.8) is 0 Å². The van der Waals surface area contributed by atoms with E-state index in [-0.39, 0.29) is 25.0 Å². The highest BCUT2D eigenvalue weighted by molar-refractivity contribution is 6.32. The maximum Gasteiger partial charge on any atom is 0.261 e. The van der Waals surface area contributed by atoms with Crippen LogP contribution in [0.2, 0.25) is 10.0 Å². The van der Waals surface area contributed by atoms with Gasteiger partial charge in [0.2, 0.25) is 5.91 Å². The van der Waals surface area contributed by atoms with Gasteiger partial charge >= 0.3 is 0 Å². The van der Waals surface area contributed by atoms with Crippen LogP contribution in [0, 0.1) is 5.92 Å². The van der Waals surface area contributed by atoms with Crippen LogP contribution in [0.4, 0.5) is 0 Å². The highest BCUT2D eigenvalue weighted by atomic mass is 35.5. The zero-order chi connectivity index (χ0) is 21.4. The Bertz CT molecular complexity index is 842. The first kappa shape index (κ1) is 23.0. The molecule has 2 amide bonds. The summed E-state index contributed by atoms with van der Waals surface area (Å²) in [4.78, 5) is 27.0. The number of nitrogens with zero attached hydrogens (tertiary/aromatic N) is 1. The highest BCUT2D eigenvalue weighted by Gasteiger charge is 2.27. The Morgan fingerprint density at radius 1 is 1.00 bits per heavy atom. The van der Waals surface area contributed by atoms with Gasteiger partial charge in [0.1, 0.15) is 11.8 Å². The zero-order valence-corrected chi connectivity index (χ0v) is 18.3. The summed E-state index contributed by atoms with van der Waals surface area (Å²) in [6, 6.07) is 13.5. The van der Waals surface area contributed by atoms with Gasteiger partial charge in [0.05, 0.1) is 5.02 Å². The second-order valence-corrected chi connectivity index (χ2v) is 7.96. The molecule has 0 radical (unpaired) electrons. The molecule has 0 aliphatic carbocycles. The lowest BCUT2D eigenvalue weighted by Gasteiger charge is -2.29. The lowest BCUT2D eigenvalue weighted by molar-refractivity contribution is -0.142. The van der Waals surface area contributed by atoms with Crippen LogP contribution in [-0.2, 0) is 16.1 Å². The van der Waals surface area contributed by atoms with E-state index in [4.69, 9.17) is 27.9 Å². The van der Waals surface area contributed by atoms with Crippen molar-refractivity contribution in [2.45, 2.75) is 33.4 Å². The van der Waals surface area contributed by atoms with Gasteiger partial charge in [0.15, 0.2) is 6.61 Å². The van der Waals surface area contributed by atoms with E-state index in [0.717, 1.165) is 5.56 Å². The molecule has 29 heavy (non-hydrogen) atoms. The van der Waals surface area contributed by atoms with Crippen molar-refractivity contribution >= 4 is 35.0 Å². The van der Waals surface area contributed by atoms with Crippen LogP contribution in [-0.4, -0.2) is 35.9 Å². The zero-order valence-electron chi connectivity index (χ0n) is 16.8. The molecule has 0 heterocycles. The summed E-state index contributed by atoms with van der Waals surface area (Å²) >= 11 is 12.4. The fraction of sp³-hybridized carbons (Fsp3) is 0.364. The molecule has 2 aromatic carbocycles. The van der Waals surface area contributed by atoms with E-state index < -0.39 is 6.04 Å². The van der Waals surface area contributed by atoms with Gasteiger partial charge in [-0.15, -0.1) is 0 Å². The summed E-state index contributed by atoms with van der Waals surface area (Å²) in [5.74, 6) is 0.161. The van der Waals surface area contributed by atoms with Gasteiger partial charge in [0.25, 0.3) is 5.91 Å². The molecule has 0 aliphatic rings. The lowest BCUT2D eigenvalue weighted by atomic mass is 10.1. The van der Waals surface area contributed by atoms with Crippen molar-refractivity contribution in [2.24, 2.45) is 5.92 Å². The highest BCUT2D eigenvalue weighted by Crippen LogP contribution is 2.23. The summed E-state index contributed by atoms with van der Waals surface area (Å²) < 4.78 is 5.59. The molecule has 0 saturated carbocycles. The number of nitrogens with one attached hydrogen (secondary N) is 1. The minimum Gasteiger partial charge on any atom is -0.482 e. The van der Waals surface area contributed by atoms with Crippen LogP contribution in [0.25, 0.3) is 0 Å². The predicted octanol–water partition coefficient (Wildman–Crippen LogP) is 4.56. The SMILES string of the molecule is CC(C)CNC(=O)[C@H](C)N(Cc1ccccc1Cl)C(=O)COc1ccccc1Cl. The van der Waals surface area contributed by atoms with Gasteiger partial charge in [0, 0.05) is 18.1 Å². The van der Waals surface area contributed by atoms with Crippen LogP contribution >= 0.6 is 23.2 Å². The Morgan fingerprint density at radius 3 is 2.24 bits per heavy atom. The smallest absolute Gasteiger partial charge is 0.261 e. The summed E-state index contributed by atoms with van der Waals surface area (Å²) in [5, 5.41) is 3.82. The molecular formula is C22H26Cl2N2O3. The van der Waals surface area contributed by atoms with Crippen LogP contribution < -0.4 is 10.1 Å². The molecule has 156 valence electrons. The van der Waals surface area contributed by atoms with E-state index in [1.54, 1.807) is 37.3 Å². The first-order valence-corrected chi connectivity index (χ1v) is 10.2. The second-order valence-electron chi connectivity index (χ2n) is 7.15. The third-order valence-electron chi connectivity index (χ3n) is 4.34. The molecule has 0 aromatic heterocycles. The summed E-state index contributed by atoms with van der Waals surface area (Å²) in [7, 11) is 0. The Morgan fingerprint density at radius 2 is 1.62 bits per heavy atom. The third kappa shape index (κ3) is 6.94. The maximum absolute atomic E-state index is 13.0. The van der Waals surface area contributed by atoms with Gasteiger partial charge in [-0.3, -0.25) is 9.59 Å². The molecule has 0 unspecified atom stereocenters. The Hall–Kier alpha value is -2.24. The topological polar surface area (TPSA) is 58.6 Å². The molecule has 0 spiro atoms. The molecule has 1 atom stereocenters. The van der Waals surface area contributed by atoms with E-state index in [9.17, 15) is 9.59 Å². The second kappa shape index (κ2) is 11.1. The Balaban J connectivity index is 2.16. The molecule has 2 rings (SSSR count). The van der Waals surface area contributed by atoms with Gasteiger partial charge in [-0.1, -0.05) is 67.4 Å². The number of halogens is 2. The molecule has 0 saturated heterocycles. The summed E-state index contributed by atoms with van der Waals surface area (Å²) in [6.07, 6.45) is 0. The molecule has 0 aliphatic heterocycles. The average molecular weight is 437 g/mol.